The highest BCUT2D eigenvalue weighted by Gasteiger charge is 2.51. The van der Waals surface area contributed by atoms with Crippen LogP contribution in [0, 0.1) is 23.7 Å². The molecule has 0 heterocycles. The van der Waals surface area contributed by atoms with Crippen molar-refractivity contribution in [2.45, 2.75) is 56.6 Å². The van der Waals surface area contributed by atoms with Crippen molar-refractivity contribution in [3.63, 3.8) is 0 Å². The second kappa shape index (κ2) is 8.07. The van der Waals surface area contributed by atoms with Crippen LogP contribution in [-0.4, -0.2) is 16.8 Å². The Labute approximate surface area is 184 Å². The van der Waals surface area contributed by atoms with E-state index in [9.17, 15) is 4.79 Å². The van der Waals surface area contributed by atoms with E-state index >= 15 is 0 Å². The fourth-order valence-electron chi connectivity index (χ4n) is 6.71. The molecule has 4 fully saturated rings. The van der Waals surface area contributed by atoms with E-state index in [1.54, 1.807) is 24.2 Å². The minimum atomic E-state index is -0.711. The molecule has 0 saturated heterocycles. The quantitative estimate of drug-likeness (QED) is 0.537. The van der Waals surface area contributed by atoms with Gasteiger partial charge >= 0.3 is 5.97 Å². The van der Waals surface area contributed by atoms with Crippen LogP contribution in [0.2, 0.25) is 0 Å². The molecule has 4 saturated carbocycles. The molecule has 6 rings (SSSR count). The van der Waals surface area contributed by atoms with Crippen LogP contribution in [0.15, 0.2) is 48.5 Å². The first-order chi connectivity index (χ1) is 14.5. The van der Waals surface area contributed by atoms with Gasteiger partial charge in [-0.1, -0.05) is 55.5 Å². The second-order valence-electron chi connectivity index (χ2n) is 10.2. The third-order valence-corrected chi connectivity index (χ3v) is 9.13. The largest absolute Gasteiger partial charge is 0.481 e. The van der Waals surface area contributed by atoms with Crippen molar-refractivity contribution in [3.05, 3.63) is 59.7 Å². The van der Waals surface area contributed by atoms with Crippen LogP contribution in [0.5, 0.6) is 0 Å². The normalized spacial score (nSPS) is 30.4. The molecule has 1 unspecified atom stereocenters. The van der Waals surface area contributed by atoms with Crippen LogP contribution in [-0.2, 0) is 16.0 Å². The lowest BCUT2D eigenvalue weighted by Gasteiger charge is -2.57. The number of carboxylic acid groups (broad SMARTS) is 1. The molecule has 2 aromatic rings. The van der Waals surface area contributed by atoms with Gasteiger partial charge < -0.3 is 5.11 Å². The third kappa shape index (κ3) is 3.93. The lowest BCUT2D eigenvalue weighted by atomic mass is 9.48. The van der Waals surface area contributed by atoms with Crippen LogP contribution in [0.1, 0.15) is 56.6 Å². The molecule has 1 N–H and O–H groups in total. The van der Waals surface area contributed by atoms with E-state index in [2.05, 4.69) is 48.5 Å². The minimum absolute atomic E-state index is 0.290. The average molecular weight is 421 g/mol. The number of hydrogen-bond acceptors (Lipinski definition) is 2. The van der Waals surface area contributed by atoms with Gasteiger partial charge in [-0.05, 0) is 83.9 Å². The molecule has 2 aromatic carbocycles. The Balaban J connectivity index is 1.29. The maximum atomic E-state index is 11.0. The van der Waals surface area contributed by atoms with E-state index in [1.165, 1.54) is 55.2 Å². The average Bonchev–Trinajstić information content (AvgIpc) is 2.73. The Hall–Kier alpha value is -1.74. The van der Waals surface area contributed by atoms with E-state index < -0.39 is 5.97 Å². The summed E-state index contributed by atoms with van der Waals surface area (Å²) in [4.78, 5) is 11.0. The van der Waals surface area contributed by atoms with Crippen LogP contribution < -0.4 is 0 Å². The fraction of sp³-hybridized carbons (Fsp3) is 0.519. The Morgan fingerprint density at radius 3 is 2.23 bits per heavy atom. The summed E-state index contributed by atoms with van der Waals surface area (Å²) in [5.74, 6) is 3.44. The minimum Gasteiger partial charge on any atom is -0.481 e. The molecule has 4 aliphatic carbocycles. The highest BCUT2D eigenvalue weighted by Crippen LogP contribution is 2.60. The Morgan fingerprint density at radius 1 is 1.00 bits per heavy atom. The summed E-state index contributed by atoms with van der Waals surface area (Å²) in [6.45, 7) is 1.77. The predicted octanol–water partition coefficient (Wildman–Crippen LogP) is 6.78. The van der Waals surface area contributed by atoms with Crippen molar-refractivity contribution in [1.29, 1.82) is 0 Å². The molecule has 158 valence electrons. The first kappa shape index (κ1) is 20.2. The van der Waals surface area contributed by atoms with Crippen LogP contribution in [0.25, 0.3) is 11.1 Å². The summed E-state index contributed by atoms with van der Waals surface area (Å²) >= 11 is 1.70. The molecule has 30 heavy (non-hydrogen) atoms. The Morgan fingerprint density at radius 2 is 1.63 bits per heavy atom. The van der Waals surface area contributed by atoms with Crippen LogP contribution in [0.3, 0.4) is 0 Å². The zero-order valence-electron chi connectivity index (χ0n) is 17.8. The van der Waals surface area contributed by atoms with Crippen molar-refractivity contribution in [2.75, 3.05) is 5.75 Å². The van der Waals surface area contributed by atoms with Crippen LogP contribution >= 0.6 is 11.8 Å². The topological polar surface area (TPSA) is 37.3 Å². The first-order valence-corrected chi connectivity index (χ1v) is 12.7. The molecular weight excluding hydrogens is 388 g/mol. The number of rotatable bonds is 7. The van der Waals surface area contributed by atoms with Crippen molar-refractivity contribution in [1.82, 2.24) is 0 Å². The highest BCUT2D eigenvalue weighted by atomic mass is 32.2. The summed E-state index contributed by atoms with van der Waals surface area (Å²) in [5.41, 5.74) is 5.92. The molecule has 4 aliphatic rings. The van der Waals surface area contributed by atoms with Crippen LogP contribution in [0.4, 0.5) is 0 Å². The van der Waals surface area contributed by atoms with Crippen molar-refractivity contribution in [3.8, 4) is 11.1 Å². The fourth-order valence-corrected chi connectivity index (χ4v) is 7.75. The molecule has 0 spiro atoms. The van der Waals surface area contributed by atoms with Gasteiger partial charge in [0, 0.05) is 11.5 Å². The molecule has 3 heteroatoms. The lowest BCUT2D eigenvalue weighted by Crippen LogP contribution is -2.48. The molecule has 2 nitrogen and oxygen atoms in total. The molecule has 1 atom stereocenters. The maximum absolute atomic E-state index is 11.0. The van der Waals surface area contributed by atoms with E-state index in [4.69, 9.17) is 5.11 Å². The molecule has 0 amide bonds. The summed E-state index contributed by atoms with van der Waals surface area (Å²) in [6, 6.07) is 18.3. The van der Waals surface area contributed by atoms with Gasteiger partial charge in [-0.2, -0.15) is 11.8 Å². The zero-order valence-corrected chi connectivity index (χ0v) is 18.7. The van der Waals surface area contributed by atoms with Crippen molar-refractivity contribution >= 4 is 17.7 Å². The van der Waals surface area contributed by atoms with E-state index in [-0.39, 0.29) is 5.92 Å². The third-order valence-electron chi connectivity index (χ3n) is 7.86. The van der Waals surface area contributed by atoms with Gasteiger partial charge in [0.1, 0.15) is 0 Å². The Bertz CT molecular complexity index is 881. The monoisotopic (exact) mass is 420 g/mol. The number of hydrogen-bond donors (Lipinski definition) is 1. The van der Waals surface area contributed by atoms with Gasteiger partial charge in [-0.15, -0.1) is 0 Å². The maximum Gasteiger partial charge on any atom is 0.307 e. The number of benzene rings is 2. The predicted molar refractivity (Wildman–Crippen MR) is 125 cm³/mol. The van der Waals surface area contributed by atoms with Crippen molar-refractivity contribution in [2.24, 2.45) is 23.7 Å². The zero-order chi connectivity index (χ0) is 20.7. The van der Waals surface area contributed by atoms with Gasteiger partial charge in [-0.25, -0.2) is 0 Å². The first-order valence-electron chi connectivity index (χ1n) is 11.5. The lowest BCUT2D eigenvalue weighted by molar-refractivity contribution is -0.140. The molecule has 0 aromatic heterocycles. The summed E-state index contributed by atoms with van der Waals surface area (Å²) in [6.07, 6.45) is 8.70. The van der Waals surface area contributed by atoms with E-state index in [1.807, 2.05) is 0 Å². The van der Waals surface area contributed by atoms with Gasteiger partial charge in [0.05, 0.1) is 5.92 Å². The van der Waals surface area contributed by atoms with Gasteiger partial charge in [0.25, 0.3) is 0 Å². The van der Waals surface area contributed by atoms with E-state index in [0.29, 0.717) is 11.2 Å². The van der Waals surface area contributed by atoms with E-state index in [0.717, 1.165) is 23.5 Å². The van der Waals surface area contributed by atoms with Crippen molar-refractivity contribution < 1.29 is 9.90 Å². The number of carboxylic acids is 1. The number of aliphatic carboxylic acids is 1. The summed E-state index contributed by atoms with van der Waals surface area (Å²) in [5, 5.41) is 9.02. The summed E-state index contributed by atoms with van der Waals surface area (Å²) in [7, 11) is 0. The molecule has 4 bridgehead atoms. The Kier molecular flexibility index (Phi) is 5.43. The van der Waals surface area contributed by atoms with Gasteiger partial charge in [0.2, 0.25) is 0 Å². The molecule has 0 radical (unpaired) electrons. The second-order valence-corrected chi connectivity index (χ2v) is 11.3. The van der Waals surface area contributed by atoms with Gasteiger partial charge in [-0.3, -0.25) is 4.79 Å². The SMILES string of the molecule is CC(CSCc1ccc(-c2cccc(C34CC5CC(CC(C5)C3)C4)c2)cc1)C(=O)O. The molecular formula is C27H32O2S. The smallest absolute Gasteiger partial charge is 0.307 e. The standard InChI is InChI=1S/C27H32O2S/c1-18(26(28)29)16-30-17-19-5-7-23(8-6-19)24-3-2-4-25(12-24)27-13-20-9-21(14-27)11-22(10-20)15-27/h2-8,12,18,20-22H,9-11,13-17H2,1H3,(H,28,29). The molecule has 0 aliphatic heterocycles. The van der Waals surface area contributed by atoms with Gasteiger partial charge in [0.15, 0.2) is 0 Å². The number of carbonyl (C=O) groups is 1. The highest BCUT2D eigenvalue weighted by molar-refractivity contribution is 7.98. The number of thioether (sulfide) groups is 1. The summed E-state index contributed by atoms with van der Waals surface area (Å²) < 4.78 is 0.